The highest BCUT2D eigenvalue weighted by molar-refractivity contribution is 6.23. The molecule has 20 heavy (non-hydrogen) atoms. The molecule has 1 heterocycles. The van der Waals surface area contributed by atoms with Gasteiger partial charge in [0.05, 0.1) is 11.3 Å². The number of aromatic nitrogens is 2. The van der Waals surface area contributed by atoms with E-state index in [1.165, 1.54) is 0 Å². The van der Waals surface area contributed by atoms with E-state index in [1.807, 2.05) is 61.6 Å². The molecule has 3 nitrogen and oxygen atoms in total. The summed E-state index contributed by atoms with van der Waals surface area (Å²) in [7, 11) is 1.89. The zero-order chi connectivity index (χ0) is 13.7. The normalized spacial score (nSPS) is 12.3. The molecular formula is C17H12N2O. The van der Waals surface area contributed by atoms with E-state index >= 15 is 0 Å². The third-order valence-corrected chi connectivity index (χ3v) is 3.75. The summed E-state index contributed by atoms with van der Waals surface area (Å²) in [5.74, 6) is 0.0718. The van der Waals surface area contributed by atoms with Crippen LogP contribution >= 0.6 is 0 Å². The monoisotopic (exact) mass is 260 g/mol. The number of benzene rings is 2. The highest BCUT2D eigenvalue weighted by Gasteiger charge is 2.33. The van der Waals surface area contributed by atoms with E-state index < -0.39 is 0 Å². The smallest absolute Gasteiger partial charge is 0.198 e. The largest absolute Gasteiger partial charge is 0.288 e. The Hall–Kier alpha value is -2.68. The average molecular weight is 260 g/mol. The van der Waals surface area contributed by atoms with Crippen molar-refractivity contribution in [2.75, 3.05) is 0 Å². The lowest BCUT2D eigenvalue weighted by Gasteiger charge is -2.01. The number of aryl methyl sites for hydroxylation is 1. The van der Waals surface area contributed by atoms with Gasteiger partial charge in [0.25, 0.3) is 0 Å². The lowest BCUT2D eigenvalue weighted by molar-refractivity contribution is 0.104. The van der Waals surface area contributed by atoms with Crippen LogP contribution in [-0.2, 0) is 7.05 Å². The maximum absolute atomic E-state index is 12.6. The summed E-state index contributed by atoms with van der Waals surface area (Å²) >= 11 is 0. The Morgan fingerprint density at radius 3 is 2.30 bits per heavy atom. The Labute approximate surface area is 116 Å². The summed E-state index contributed by atoms with van der Waals surface area (Å²) < 4.78 is 1.81. The fourth-order valence-corrected chi connectivity index (χ4v) is 2.87. The van der Waals surface area contributed by atoms with E-state index in [0.717, 1.165) is 33.6 Å². The van der Waals surface area contributed by atoms with Gasteiger partial charge in [0.1, 0.15) is 5.69 Å². The highest BCUT2D eigenvalue weighted by atomic mass is 16.1. The van der Waals surface area contributed by atoms with Gasteiger partial charge in [0, 0.05) is 23.7 Å². The first-order chi connectivity index (χ1) is 9.77. The molecule has 3 aromatic rings. The van der Waals surface area contributed by atoms with E-state index in [-0.39, 0.29) is 5.78 Å². The zero-order valence-electron chi connectivity index (χ0n) is 11.0. The summed E-state index contributed by atoms with van der Waals surface area (Å²) in [6.07, 6.45) is 0. The van der Waals surface area contributed by atoms with Gasteiger partial charge in [0.15, 0.2) is 5.78 Å². The van der Waals surface area contributed by atoms with Crippen LogP contribution in [0.1, 0.15) is 15.9 Å². The van der Waals surface area contributed by atoms with Crippen molar-refractivity contribution in [2.24, 2.45) is 7.05 Å². The lowest BCUT2D eigenvalue weighted by Crippen LogP contribution is -1.98. The van der Waals surface area contributed by atoms with Gasteiger partial charge in [-0.1, -0.05) is 54.6 Å². The van der Waals surface area contributed by atoms with Crippen LogP contribution in [0.25, 0.3) is 22.5 Å². The van der Waals surface area contributed by atoms with Gasteiger partial charge in [-0.3, -0.25) is 9.48 Å². The van der Waals surface area contributed by atoms with Gasteiger partial charge in [-0.15, -0.1) is 0 Å². The first-order valence-electron chi connectivity index (χ1n) is 6.54. The second-order valence-corrected chi connectivity index (χ2v) is 4.94. The lowest BCUT2D eigenvalue weighted by atomic mass is 10.0. The van der Waals surface area contributed by atoms with E-state index in [4.69, 9.17) is 0 Å². The topological polar surface area (TPSA) is 34.9 Å². The van der Waals surface area contributed by atoms with Crippen molar-refractivity contribution in [3.8, 4) is 22.5 Å². The molecule has 4 rings (SSSR count). The molecule has 0 unspecified atom stereocenters. The van der Waals surface area contributed by atoms with Crippen LogP contribution < -0.4 is 0 Å². The summed E-state index contributed by atoms with van der Waals surface area (Å²) in [5.41, 5.74) is 5.14. The first kappa shape index (κ1) is 11.2. The molecule has 0 radical (unpaired) electrons. The Balaban J connectivity index is 2.04. The Kier molecular flexibility index (Phi) is 2.18. The minimum absolute atomic E-state index is 0.0718. The maximum atomic E-state index is 12.6. The summed E-state index contributed by atoms with van der Waals surface area (Å²) in [6.45, 7) is 0. The van der Waals surface area contributed by atoms with Crippen LogP contribution in [0.5, 0.6) is 0 Å². The third kappa shape index (κ3) is 1.35. The molecule has 1 aliphatic carbocycles. The van der Waals surface area contributed by atoms with Gasteiger partial charge in [-0.05, 0) is 0 Å². The molecule has 1 aliphatic rings. The second-order valence-electron chi connectivity index (χ2n) is 4.94. The molecule has 96 valence electrons. The number of nitrogens with zero attached hydrogens (tertiary/aromatic N) is 2. The van der Waals surface area contributed by atoms with Crippen molar-refractivity contribution in [3.63, 3.8) is 0 Å². The SMILES string of the molecule is Cn1nc(-c2ccccc2)c2c1-c1ccccc1C2=O. The number of hydrogen-bond acceptors (Lipinski definition) is 2. The molecule has 0 bridgehead atoms. The Morgan fingerprint density at radius 1 is 0.900 bits per heavy atom. The van der Waals surface area contributed by atoms with Gasteiger partial charge in [-0.25, -0.2) is 0 Å². The second kappa shape index (κ2) is 3.90. The van der Waals surface area contributed by atoms with E-state index in [9.17, 15) is 4.79 Å². The van der Waals surface area contributed by atoms with Crippen molar-refractivity contribution in [1.82, 2.24) is 9.78 Å². The zero-order valence-corrected chi connectivity index (χ0v) is 11.0. The minimum Gasteiger partial charge on any atom is -0.288 e. The van der Waals surface area contributed by atoms with Crippen molar-refractivity contribution < 1.29 is 4.79 Å². The number of rotatable bonds is 1. The van der Waals surface area contributed by atoms with Crippen LogP contribution in [0.4, 0.5) is 0 Å². The van der Waals surface area contributed by atoms with Crippen molar-refractivity contribution >= 4 is 5.78 Å². The van der Waals surface area contributed by atoms with Crippen molar-refractivity contribution in [2.45, 2.75) is 0 Å². The molecule has 0 atom stereocenters. The van der Waals surface area contributed by atoms with Gasteiger partial charge >= 0.3 is 0 Å². The molecular weight excluding hydrogens is 248 g/mol. The Bertz CT molecular complexity index is 831. The minimum atomic E-state index is 0.0718. The fraction of sp³-hybridized carbons (Fsp3) is 0.0588. The molecule has 1 aromatic heterocycles. The van der Waals surface area contributed by atoms with E-state index in [0.29, 0.717) is 0 Å². The number of hydrogen-bond donors (Lipinski definition) is 0. The highest BCUT2D eigenvalue weighted by Crippen LogP contribution is 2.40. The van der Waals surface area contributed by atoms with E-state index in [2.05, 4.69) is 5.10 Å². The fourth-order valence-electron chi connectivity index (χ4n) is 2.87. The van der Waals surface area contributed by atoms with Gasteiger partial charge in [-0.2, -0.15) is 5.10 Å². The van der Waals surface area contributed by atoms with Gasteiger partial charge in [0.2, 0.25) is 0 Å². The molecule has 3 heteroatoms. The molecule has 0 spiro atoms. The summed E-state index contributed by atoms with van der Waals surface area (Å²) in [5, 5.41) is 4.55. The van der Waals surface area contributed by atoms with Crippen LogP contribution in [0, 0.1) is 0 Å². The van der Waals surface area contributed by atoms with Gasteiger partial charge < -0.3 is 0 Å². The predicted molar refractivity (Wildman–Crippen MR) is 77.5 cm³/mol. The van der Waals surface area contributed by atoms with Crippen LogP contribution in [-0.4, -0.2) is 15.6 Å². The van der Waals surface area contributed by atoms with Crippen LogP contribution in [0.2, 0.25) is 0 Å². The number of carbonyl (C=O) groups is 1. The molecule has 0 saturated carbocycles. The summed E-state index contributed by atoms with van der Waals surface area (Å²) in [4.78, 5) is 12.6. The third-order valence-electron chi connectivity index (χ3n) is 3.75. The maximum Gasteiger partial charge on any atom is 0.198 e. The molecule has 2 aromatic carbocycles. The predicted octanol–water partition coefficient (Wildman–Crippen LogP) is 3.30. The molecule has 0 aliphatic heterocycles. The number of carbonyl (C=O) groups excluding carboxylic acids is 1. The van der Waals surface area contributed by atoms with Crippen molar-refractivity contribution in [3.05, 3.63) is 65.7 Å². The van der Waals surface area contributed by atoms with Crippen LogP contribution in [0.15, 0.2) is 54.6 Å². The number of ketones is 1. The average Bonchev–Trinajstić information content (AvgIpc) is 2.98. The molecule has 0 saturated heterocycles. The Morgan fingerprint density at radius 2 is 1.55 bits per heavy atom. The molecule has 0 fully saturated rings. The quantitative estimate of drug-likeness (QED) is 0.526. The van der Waals surface area contributed by atoms with Crippen molar-refractivity contribution in [1.29, 1.82) is 0 Å². The van der Waals surface area contributed by atoms with E-state index in [1.54, 1.807) is 4.68 Å². The molecule has 0 N–H and O–H groups in total. The van der Waals surface area contributed by atoms with Crippen LogP contribution in [0.3, 0.4) is 0 Å². The summed E-state index contributed by atoms with van der Waals surface area (Å²) in [6, 6.07) is 17.6. The first-order valence-corrected chi connectivity index (χ1v) is 6.54. The number of fused-ring (bicyclic) bond motifs is 3. The standard InChI is InChI=1S/C17H12N2O/c1-19-16-12-9-5-6-10-13(12)17(20)14(16)15(18-19)11-7-3-2-4-8-11/h2-10H,1H3. The molecule has 0 amide bonds.